The van der Waals surface area contributed by atoms with Crippen molar-refractivity contribution in [1.29, 1.82) is 0 Å². The number of fused-ring (bicyclic) bond motifs is 1. The Morgan fingerprint density at radius 2 is 2.03 bits per heavy atom. The molecule has 0 radical (unpaired) electrons. The van der Waals surface area contributed by atoms with E-state index in [4.69, 9.17) is 4.74 Å². The Hall–Kier alpha value is -2.28. The first-order valence-corrected chi connectivity index (χ1v) is 11.2. The van der Waals surface area contributed by atoms with Crippen LogP contribution in [0.5, 0.6) is 0 Å². The first-order valence-electron chi connectivity index (χ1n) is 10.4. The van der Waals surface area contributed by atoms with Crippen LogP contribution in [0.15, 0.2) is 23.1 Å². The van der Waals surface area contributed by atoms with Crippen LogP contribution in [0, 0.1) is 0 Å². The number of ether oxygens (including phenoxy) is 1. The van der Waals surface area contributed by atoms with Gasteiger partial charge in [0.2, 0.25) is 0 Å². The molecule has 0 saturated carbocycles. The molecule has 30 heavy (non-hydrogen) atoms. The molecule has 0 aromatic heterocycles. The third kappa shape index (κ3) is 4.41. The Bertz CT molecular complexity index is 906. The summed E-state index contributed by atoms with van der Waals surface area (Å²) in [5.74, 6) is -0.641. The molecule has 7 heteroatoms. The number of benzene rings is 1. The van der Waals surface area contributed by atoms with Gasteiger partial charge in [0.1, 0.15) is 6.54 Å². The number of carbonyl (C=O) groups is 3. The van der Waals surface area contributed by atoms with Crippen LogP contribution in [0.4, 0.5) is 10.5 Å². The zero-order chi connectivity index (χ0) is 22.2. The lowest BCUT2D eigenvalue weighted by molar-refractivity contribution is -0.149. The minimum atomic E-state index is -0.585. The van der Waals surface area contributed by atoms with Gasteiger partial charge in [-0.1, -0.05) is 13.0 Å². The van der Waals surface area contributed by atoms with E-state index < -0.39 is 17.1 Å². The smallest absolute Gasteiger partial charge is 0.326 e. The first-order chi connectivity index (χ1) is 14.0. The topological polar surface area (TPSA) is 66.9 Å². The predicted molar refractivity (Wildman–Crippen MR) is 120 cm³/mol. The monoisotopic (exact) mass is 430 g/mol. The fourth-order valence-electron chi connectivity index (χ4n) is 4.41. The third-order valence-electron chi connectivity index (χ3n) is 5.55. The highest BCUT2D eigenvalue weighted by Gasteiger charge is 2.38. The van der Waals surface area contributed by atoms with E-state index in [-0.39, 0.29) is 18.2 Å². The van der Waals surface area contributed by atoms with E-state index in [0.29, 0.717) is 10.8 Å². The van der Waals surface area contributed by atoms with Crippen molar-refractivity contribution < 1.29 is 19.1 Å². The summed E-state index contributed by atoms with van der Waals surface area (Å²) in [5.41, 5.74) is 3.45. The fraction of sp³-hybridized carbons (Fsp3) is 0.522. The molecular weight excluding hydrogens is 400 g/mol. The van der Waals surface area contributed by atoms with Gasteiger partial charge in [-0.25, -0.2) is 0 Å². The Kier molecular flexibility index (Phi) is 6.32. The van der Waals surface area contributed by atoms with Crippen molar-refractivity contribution in [1.82, 2.24) is 4.90 Å². The molecule has 2 aliphatic rings. The minimum absolute atomic E-state index is 0.0932. The highest BCUT2D eigenvalue weighted by Crippen LogP contribution is 2.44. The van der Waals surface area contributed by atoms with Crippen LogP contribution in [0.25, 0.3) is 6.08 Å². The summed E-state index contributed by atoms with van der Waals surface area (Å²) in [6, 6.07) is 6.20. The molecule has 1 aromatic rings. The number of esters is 1. The Balaban J connectivity index is 1.84. The van der Waals surface area contributed by atoms with Gasteiger partial charge in [0.15, 0.2) is 0 Å². The predicted octanol–water partition coefficient (Wildman–Crippen LogP) is 4.79. The largest absolute Gasteiger partial charge is 0.462 e. The lowest BCUT2D eigenvalue weighted by Gasteiger charge is -2.47. The molecule has 6 nitrogen and oxygen atoms in total. The number of rotatable bonds is 5. The van der Waals surface area contributed by atoms with E-state index in [1.165, 1.54) is 11.3 Å². The number of imide groups is 1. The third-order valence-corrected chi connectivity index (χ3v) is 6.46. The van der Waals surface area contributed by atoms with Crippen LogP contribution in [-0.2, 0) is 14.3 Å². The summed E-state index contributed by atoms with van der Waals surface area (Å²) < 4.78 is 5.06. The minimum Gasteiger partial charge on any atom is -0.462 e. The normalized spacial score (nSPS) is 22.1. The van der Waals surface area contributed by atoms with Gasteiger partial charge < -0.3 is 9.64 Å². The SMILES string of the molecule is CCN1c2ccc(/C=C3\SC(=O)N(CC(=O)OC(C)C)C3=O)cc2C(C)CC1(C)C. The zero-order valence-corrected chi connectivity index (χ0v) is 19.3. The summed E-state index contributed by atoms with van der Waals surface area (Å²) >= 11 is 0.861. The van der Waals surface area contributed by atoms with Crippen molar-refractivity contribution in [3.8, 4) is 0 Å². The molecule has 3 rings (SSSR count). The van der Waals surface area contributed by atoms with E-state index in [0.717, 1.165) is 35.2 Å². The van der Waals surface area contributed by atoms with Crippen LogP contribution in [-0.4, -0.2) is 46.7 Å². The second kappa shape index (κ2) is 8.46. The van der Waals surface area contributed by atoms with E-state index in [1.54, 1.807) is 19.9 Å². The van der Waals surface area contributed by atoms with Gasteiger partial charge in [-0.05, 0) is 88.1 Å². The standard InChI is InChI=1S/C23H30N2O4S/c1-7-25-18-9-8-16(10-17(18)15(4)12-23(25,5)6)11-19-21(27)24(22(28)30-19)13-20(26)29-14(2)3/h8-11,14-15H,7,12-13H2,1-6H3/b19-11-. The molecule has 1 saturated heterocycles. The summed E-state index contributed by atoms with van der Waals surface area (Å²) in [7, 11) is 0. The average molecular weight is 431 g/mol. The van der Waals surface area contributed by atoms with Crippen LogP contribution in [0.3, 0.4) is 0 Å². The van der Waals surface area contributed by atoms with Crippen LogP contribution < -0.4 is 4.90 Å². The highest BCUT2D eigenvalue weighted by atomic mass is 32.2. The number of nitrogens with zero attached hydrogens (tertiary/aromatic N) is 2. The van der Waals surface area contributed by atoms with Gasteiger partial charge in [-0.15, -0.1) is 0 Å². The number of hydrogen-bond donors (Lipinski definition) is 0. The van der Waals surface area contributed by atoms with Crippen molar-refractivity contribution in [2.24, 2.45) is 0 Å². The lowest BCUT2D eigenvalue weighted by atomic mass is 9.79. The summed E-state index contributed by atoms with van der Waals surface area (Å²) in [6.07, 6.45) is 2.49. The van der Waals surface area contributed by atoms with Crippen molar-refractivity contribution in [2.75, 3.05) is 18.0 Å². The molecule has 162 valence electrons. The van der Waals surface area contributed by atoms with Gasteiger partial charge >= 0.3 is 5.97 Å². The first kappa shape index (κ1) is 22.4. The van der Waals surface area contributed by atoms with E-state index in [1.807, 2.05) is 6.07 Å². The molecule has 0 spiro atoms. The average Bonchev–Trinajstić information content (AvgIpc) is 2.88. The maximum absolute atomic E-state index is 12.7. The Morgan fingerprint density at radius 3 is 2.67 bits per heavy atom. The van der Waals surface area contributed by atoms with Gasteiger partial charge in [-0.2, -0.15) is 0 Å². The Morgan fingerprint density at radius 1 is 1.33 bits per heavy atom. The number of hydrogen-bond acceptors (Lipinski definition) is 6. The maximum atomic E-state index is 12.7. The molecule has 2 amide bonds. The quantitative estimate of drug-likeness (QED) is 0.494. The molecule has 1 unspecified atom stereocenters. The van der Waals surface area contributed by atoms with Crippen molar-refractivity contribution >= 4 is 40.6 Å². The Labute approximate surface area is 182 Å². The number of thioether (sulfide) groups is 1. The second-order valence-corrected chi connectivity index (χ2v) is 9.78. The number of carbonyl (C=O) groups excluding carboxylic acids is 3. The molecule has 1 atom stereocenters. The number of anilines is 1. The summed E-state index contributed by atoms with van der Waals surface area (Å²) in [6.45, 7) is 12.9. The lowest BCUT2D eigenvalue weighted by Crippen LogP contribution is -2.48. The molecular formula is C23H30N2O4S. The van der Waals surface area contributed by atoms with Crippen LogP contribution in [0.2, 0.25) is 0 Å². The summed E-state index contributed by atoms with van der Waals surface area (Å²) in [4.78, 5) is 40.5. The van der Waals surface area contributed by atoms with Crippen molar-refractivity contribution in [3.05, 3.63) is 34.2 Å². The second-order valence-electron chi connectivity index (χ2n) is 8.79. The highest BCUT2D eigenvalue weighted by molar-refractivity contribution is 8.18. The molecule has 2 heterocycles. The van der Waals surface area contributed by atoms with Crippen LogP contribution in [0.1, 0.15) is 65.0 Å². The number of amides is 2. The molecule has 0 aliphatic carbocycles. The van der Waals surface area contributed by atoms with Gasteiger partial charge in [0.05, 0.1) is 11.0 Å². The van der Waals surface area contributed by atoms with Crippen molar-refractivity contribution in [2.45, 2.75) is 65.5 Å². The molecule has 1 aromatic carbocycles. The van der Waals surface area contributed by atoms with Gasteiger partial charge in [0, 0.05) is 17.8 Å². The summed E-state index contributed by atoms with van der Waals surface area (Å²) in [5, 5.41) is -0.447. The molecule has 0 N–H and O–H groups in total. The van der Waals surface area contributed by atoms with Gasteiger partial charge in [-0.3, -0.25) is 19.3 Å². The van der Waals surface area contributed by atoms with Gasteiger partial charge in [0.25, 0.3) is 11.1 Å². The molecule has 0 bridgehead atoms. The van der Waals surface area contributed by atoms with Crippen molar-refractivity contribution in [3.63, 3.8) is 0 Å². The zero-order valence-electron chi connectivity index (χ0n) is 18.5. The van der Waals surface area contributed by atoms with E-state index in [2.05, 4.69) is 44.7 Å². The van der Waals surface area contributed by atoms with E-state index >= 15 is 0 Å². The molecule has 2 aliphatic heterocycles. The molecule has 1 fully saturated rings. The fourth-order valence-corrected chi connectivity index (χ4v) is 5.25. The van der Waals surface area contributed by atoms with Crippen LogP contribution >= 0.6 is 11.8 Å². The maximum Gasteiger partial charge on any atom is 0.326 e. The van der Waals surface area contributed by atoms with E-state index in [9.17, 15) is 14.4 Å².